The average Bonchev–Trinajstić information content (AvgIpc) is 2.16. The molecule has 0 amide bonds. The van der Waals surface area contributed by atoms with E-state index < -0.39 is 11.3 Å². The molecule has 0 bridgehead atoms. The standard InChI is InChI=1S/C9H13Br3O3S/c1-6(13)7-2-4-8(5-3-7)16(14,15)9(10,11)12/h7-8H,2-5H2,1H3. The number of hydrogen-bond acceptors (Lipinski definition) is 3. The molecule has 0 aromatic rings. The number of Topliss-reactive ketones (excluding diaryl/α,β-unsaturated/α-hetero) is 1. The van der Waals surface area contributed by atoms with Crippen LogP contribution in [0.2, 0.25) is 0 Å². The zero-order valence-corrected chi connectivity index (χ0v) is 14.3. The molecule has 1 aliphatic rings. The quantitative estimate of drug-likeness (QED) is 0.619. The monoisotopic (exact) mass is 438 g/mol. The molecule has 1 rings (SSSR count). The first-order valence-electron chi connectivity index (χ1n) is 4.97. The highest BCUT2D eigenvalue weighted by Crippen LogP contribution is 2.45. The molecule has 0 heterocycles. The molecule has 0 saturated heterocycles. The van der Waals surface area contributed by atoms with Gasteiger partial charge in [0.15, 0.2) is 9.84 Å². The van der Waals surface area contributed by atoms with Gasteiger partial charge in [0.05, 0.1) is 5.25 Å². The highest BCUT2D eigenvalue weighted by atomic mass is 80.0. The van der Waals surface area contributed by atoms with Crippen molar-refractivity contribution in [1.29, 1.82) is 0 Å². The van der Waals surface area contributed by atoms with Crippen LogP contribution in [0.4, 0.5) is 0 Å². The fourth-order valence-corrected chi connectivity index (χ4v) is 5.62. The van der Waals surface area contributed by atoms with E-state index in [1.54, 1.807) is 6.92 Å². The van der Waals surface area contributed by atoms with Crippen LogP contribution in [-0.2, 0) is 14.6 Å². The molecular formula is C9H13Br3O3S. The van der Waals surface area contributed by atoms with Crippen molar-refractivity contribution >= 4 is 63.4 Å². The second kappa shape index (κ2) is 5.36. The van der Waals surface area contributed by atoms with Crippen LogP contribution in [0.1, 0.15) is 32.6 Å². The van der Waals surface area contributed by atoms with Crippen molar-refractivity contribution in [3.05, 3.63) is 0 Å². The lowest BCUT2D eigenvalue weighted by Gasteiger charge is -2.29. The van der Waals surface area contributed by atoms with Gasteiger partial charge >= 0.3 is 0 Å². The van der Waals surface area contributed by atoms with Gasteiger partial charge in [-0.2, -0.15) is 0 Å². The van der Waals surface area contributed by atoms with Crippen LogP contribution < -0.4 is 0 Å². The van der Waals surface area contributed by atoms with Gasteiger partial charge in [-0.25, -0.2) is 8.42 Å². The van der Waals surface area contributed by atoms with E-state index in [1.165, 1.54) is 0 Å². The molecule has 1 saturated carbocycles. The maximum absolute atomic E-state index is 12.1. The zero-order chi connectivity index (χ0) is 12.6. The summed E-state index contributed by atoms with van der Waals surface area (Å²) in [5, 5.41) is -0.388. The smallest absolute Gasteiger partial charge is 0.235 e. The van der Waals surface area contributed by atoms with Crippen LogP contribution in [0.15, 0.2) is 0 Å². The number of carbonyl (C=O) groups is 1. The molecular weight excluding hydrogens is 428 g/mol. The molecule has 16 heavy (non-hydrogen) atoms. The summed E-state index contributed by atoms with van der Waals surface area (Å²) in [5.74, 6) is 0.209. The van der Waals surface area contributed by atoms with E-state index in [0.29, 0.717) is 25.7 Å². The Hall–Kier alpha value is 1.06. The Kier molecular flexibility index (Phi) is 5.07. The minimum atomic E-state index is -3.31. The van der Waals surface area contributed by atoms with Crippen LogP contribution >= 0.6 is 47.8 Å². The van der Waals surface area contributed by atoms with Crippen LogP contribution in [0.3, 0.4) is 0 Å². The second-order valence-electron chi connectivity index (χ2n) is 4.08. The maximum Gasteiger partial charge on any atom is 0.235 e. The largest absolute Gasteiger partial charge is 0.300 e. The molecule has 0 spiro atoms. The fraction of sp³-hybridized carbons (Fsp3) is 0.889. The summed E-state index contributed by atoms with van der Waals surface area (Å²) in [6.07, 6.45) is 2.44. The van der Waals surface area contributed by atoms with Gasteiger partial charge in [0.1, 0.15) is 5.78 Å². The summed E-state index contributed by atoms with van der Waals surface area (Å²) in [7, 11) is -3.31. The predicted molar refractivity (Wildman–Crippen MR) is 74.9 cm³/mol. The Labute approximate surface area is 121 Å². The Morgan fingerprint density at radius 2 is 1.56 bits per heavy atom. The lowest BCUT2D eigenvalue weighted by molar-refractivity contribution is -0.121. The Morgan fingerprint density at radius 1 is 1.12 bits per heavy atom. The van der Waals surface area contributed by atoms with Crippen molar-refractivity contribution in [2.75, 3.05) is 0 Å². The first-order chi connectivity index (χ1) is 7.16. The number of halogens is 3. The molecule has 7 heteroatoms. The van der Waals surface area contributed by atoms with E-state index in [4.69, 9.17) is 0 Å². The van der Waals surface area contributed by atoms with E-state index in [2.05, 4.69) is 47.8 Å². The summed E-state index contributed by atoms with van der Waals surface area (Å²) in [6.45, 7) is 1.57. The minimum Gasteiger partial charge on any atom is -0.300 e. The van der Waals surface area contributed by atoms with Crippen molar-refractivity contribution in [2.45, 2.75) is 39.3 Å². The predicted octanol–water partition coefficient (Wildman–Crippen LogP) is 3.35. The molecule has 3 nitrogen and oxygen atoms in total. The second-order valence-corrected chi connectivity index (χ2v) is 14.8. The summed E-state index contributed by atoms with van der Waals surface area (Å²) in [5.41, 5.74) is 0. The van der Waals surface area contributed by atoms with Gasteiger partial charge < -0.3 is 0 Å². The van der Waals surface area contributed by atoms with Crippen molar-refractivity contribution < 1.29 is 13.2 Å². The van der Waals surface area contributed by atoms with Crippen molar-refractivity contribution in [2.24, 2.45) is 5.92 Å². The summed E-state index contributed by atoms with van der Waals surface area (Å²) >= 11 is 9.17. The summed E-state index contributed by atoms with van der Waals surface area (Å²) in [6, 6.07) is 0. The third kappa shape index (κ3) is 3.29. The molecule has 1 fully saturated rings. The molecule has 1 aliphatic carbocycles. The number of hydrogen-bond donors (Lipinski definition) is 0. The average molecular weight is 441 g/mol. The van der Waals surface area contributed by atoms with Gasteiger partial charge in [0, 0.05) is 5.92 Å². The van der Waals surface area contributed by atoms with Gasteiger partial charge in [0.2, 0.25) is 1.47 Å². The summed E-state index contributed by atoms with van der Waals surface area (Å²) in [4.78, 5) is 11.2. The van der Waals surface area contributed by atoms with E-state index in [-0.39, 0.29) is 17.0 Å². The number of ketones is 1. The molecule has 0 atom stereocenters. The van der Waals surface area contributed by atoms with E-state index in [0.717, 1.165) is 0 Å². The molecule has 0 radical (unpaired) electrons. The number of alkyl halides is 3. The molecule has 0 aromatic carbocycles. The van der Waals surface area contributed by atoms with E-state index in [9.17, 15) is 13.2 Å². The van der Waals surface area contributed by atoms with E-state index >= 15 is 0 Å². The Morgan fingerprint density at radius 3 is 1.88 bits per heavy atom. The van der Waals surface area contributed by atoms with Crippen LogP contribution in [0.5, 0.6) is 0 Å². The van der Waals surface area contributed by atoms with Crippen LogP contribution in [0.25, 0.3) is 0 Å². The number of rotatable bonds is 2. The summed E-state index contributed by atoms with van der Waals surface area (Å²) < 4.78 is 22.9. The molecule has 0 aliphatic heterocycles. The van der Waals surface area contributed by atoms with E-state index in [1.807, 2.05) is 0 Å². The highest BCUT2D eigenvalue weighted by Gasteiger charge is 2.43. The highest BCUT2D eigenvalue weighted by molar-refractivity contribution is 9.42. The molecule has 0 aromatic heterocycles. The zero-order valence-electron chi connectivity index (χ0n) is 8.75. The first-order valence-corrected chi connectivity index (χ1v) is 8.89. The van der Waals surface area contributed by atoms with Gasteiger partial charge in [-0.1, -0.05) is 0 Å². The molecule has 94 valence electrons. The van der Waals surface area contributed by atoms with Crippen LogP contribution in [0, 0.1) is 5.92 Å². The van der Waals surface area contributed by atoms with Crippen molar-refractivity contribution in [3.8, 4) is 0 Å². The van der Waals surface area contributed by atoms with Crippen molar-refractivity contribution in [1.82, 2.24) is 0 Å². The van der Waals surface area contributed by atoms with Gasteiger partial charge in [-0.05, 0) is 80.4 Å². The number of carbonyl (C=O) groups excluding carboxylic acids is 1. The van der Waals surface area contributed by atoms with Gasteiger partial charge in [-0.3, -0.25) is 4.79 Å². The lowest BCUT2D eigenvalue weighted by atomic mass is 9.86. The van der Waals surface area contributed by atoms with Crippen LogP contribution in [-0.4, -0.2) is 20.9 Å². The first kappa shape index (κ1) is 15.1. The lowest BCUT2D eigenvalue weighted by Crippen LogP contribution is -2.35. The third-order valence-corrected chi connectivity index (χ3v) is 9.07. The fourth-order valence-electron chi connectivity index (χ4n) is 1.97. The molecule has 0 unspecified atom stereocenters. The topological polar surface area (TPSA) is 51.2 Å². The Bertz CT molecular complexity index is 364. The van der Waals surface area contributed by atoms with Crippen molar-refractivity contribution in [3.63, 3.8) is 0 Å². The number of sulfone groups is 1. The molecule has 0 N–H and O–H groups in total. The van der Waals surface area contributed by atoms with Gasteiger partial charge in [0.25, 0.3) is 0 Å². The maximum atomic E-state index is 12.1. The minimum absolute atomic E-state index is 0.0434. The SMILES string of the molecule is CC(=O)C1CCC(S(=O)(=O)C(Br)(Br)Br)CC1. The van der Waals surface area contributed by atoms with Gasteiger partial charge in [-0.15, -0.1) is 0 Å². The Balaban J connectivity index is 2.72. The normalized spacial score (nSPS) is 27.8. The third-order valence-electron chi connectivity index (χ3n) is 3.01.